The van der Waals surface area contributed by atoms with Crippen molar-refractivity contribution in [3.63, 3.8) is 0 Å². The Balaban J connectivity index is 3.86. The first-order chi connectivity index (χ1) is 2.81. The summed E-state index contributed by atoms with van der Waals surface area (Å²) in [5, 5.41) is 0. The molecule has 1 radical (unpaired) electrons. The lowest BCUT2D eigenvalue weighted by Gasteiger charge is -1.54. The first-order valence-electron chi connectivity index (χ1n) is 1.30. The van der Waals surface area contributed by atoms with E-state index in [0.717, 1.165) is 0 Å². The van der Waals surface area contributed by atoms with Crippen LogP contribution in [-0.4, -0.2) is 16.8 Å². The molecule has 31 valence electrons. The molecule has 0 aliphatic carbocycles. The van der Waals surface area contributed by atoms with Crippen LogP contribution in [0.2, 0.25) is 0 Å². The summed E-state index contributed by atoms with van der Waals surface area (Å²) in [6.45, 7) is 3.01. The molecule has 0 saturated carbocycles. The normalized spacial score (nSPS) is 6.17. The molecule has 0 saturated heterocycles. The Bertz CT molecular complexity index is 101. The van der Waals surface area contributed by atoms with Crippen molar-refractivity contribution in [2.45, 2.75) is 0 Å². The van der Waals surface area contributed by atoms with Crippen molar-refractivity contribution in [2.75, 3.05) is 0 Å². The number of hydrogen-bond donors (Lipinski definition) is 0. The van der Waals surface area contributed by atoms with E-state index in [1.165, 1.54) is 0 Å². The van der Waals surface area contributed by atoms with E-state index < -0.39 is 0 Å². The second kappa shape index (κ2) is 2.30. The summed E-state index contributed by atoms with van der Waals surface area (Å²) in [6.07, 6.45) is 0.361. The van der Waals surface area contributed by atoms with Crippen molar-refractivity contribution in [3.05, 3.63) is 12.5 Å². The van der Waals surface area contributed by atoms with Crippen LogP contribution in [0.3, 0.4) is 0 Å². The molecule has 0 aromatic carbocycles. The van der Waals surface area contributed by atoms with Gasteiger partial charge in [0.05, 0.1) is 6.92 Å². The molecule has 0 unspecified atom stereocenters. The molecule has 0 heterocycles. The van der Waals surface area contributed by atoms with Crippen molar-refractivity contribution < 1.29 is 9.58 Å². The molecule has 0 aliphatic heterocycles. The molecular weight excluding hydrogens is 80.0 g/mol. The van der Waals surface area contributed by atoms with E-state index in [-0.39, 0.29) is 5.71 Å². The first kappa shape index (κ1) is 5.05. The largest absolute Gasteiger partial charge is 0.361 e. The zero-order chi connectivity index (χ0) is 4.99. The van der Waals surface area contributed by atoms with Gasteiger partial charge in [-0.15, -0.1) is 0 Å². The lowest BCUT2D eigenvalue weighted by atomic mass is 10.5. The van der Waals surface area contributed by atoms with Crippen LogP contribution < -0.4 is 0 Å². The maximum absolute atomic E-state index is 9.38. The van der Waals surface area contributed by atoms with Gasteiger partial charge in [0.25, 0.3) is 0 Å². The summed E-state index contributed by atoms with van der Waals surface area (Å²) in [4.78, 5) is 11.8. The summed E-state index contributed by atoms with van der Waals surface area (Å²) < 4.78 is 0. The van der Waals surface area contributed by atoms with Gasteiger partial charge in [0.1, 0.15) is 0 Å². The highest BCUT2D eigenvalue weighted by molar-refractivity contribution is 6.27. The summed E-state index contributed by atoms with van der Waals surface area (Å²) in [5.74, 6) is 0. The molecule has 0 aromatic rings. The zero-order valence-corrected chi connectivity index (χ0v) is 3.09. The third-order valence-electron chi connectivity index (χ3n) is 0.264. The van der Waals surface area contributed by atoms with Crippen LogP contribution >= 0.6 is 0 Å². The van der Waals surface area contributed by atoms with Gasteiger partial charge in [-0.25, -0.2) is 0 Å². The van der Waals surface area contributed by atoms with Gasteiger partial charge >= 0.3 is 5.71 Å². The molecule has 3 heteroatoms. The molecule has 3 nitrogen and oxygen atoms in total. The predicted molar refractivity (Wildman–Crippen MR) is 20.0 cm³/mol. The van der Waals surface area contributed by atoms with Gasteiger partial charge in [-0.3, -0.25) is 4.79 Å². The quantitative estimate of drug-likeness (QED) is 0.186. The predicted octanol–water partition coefficient (Wildman–Crippen LogP) is -0.310. The maximum atomic E-state index is 9.38. The van der Waals surface area contributed by atoms with Crippen molar-refractivity contribution in [3.8, 4) is 0 Å². The fourth-order valence-electron chi connectivity index (χ4n) is 0.0236. The van der Waals surface area contributed by atoms with E-state index in [2.05, 4.69) is 11.7 Å². The van der Waals surface area contributed by atoms with E-state index in [1.54, 1.807) is 0 Å². The topological polar surface area (TPSA) is 53.5 Å². The molecule has 0 amide bonds. The summed E-state index contributed by atoms with van der Waals surface area (Å²) in [7, 11) is 0. The fraction of sp³-hybridized carbons (Fsp3) is 0. The molecule has 0 fully saturated rings. The van der Waals surface area contributed by atoms with Gasteiger partial charge in [-0.2, -0.15) is 4.79 Å². The van der Waals surface area contributed by atoms with Gasteiger partial charge < -0.3 is 5.53 Å². The monoisotopic (exact) mass is 83.0 g/mol. The molecule has 0 bridgehead atoms. The van der Waals surface area contributed by atoms with Crippen LogP contribution in [0.25, 0.3) is 5.53 Å². The van der Waals surface area contributed by atoms with Gasteiger partial charge in [0.15, 0.2) is 0 Å². The van der Waals surface area contributed by atoms with Crippen molar-refractivity contribution >= 4 is 12.0 Å². The highest BCUT2D eigenvalue weighted by Gasteiger charge is 1.87. The molecule has 0 aromatic heterocycles. The minimum absolute atomic E-state index is 0.157. The van der Waals surface area contributed by atoms with Crippen LogP contribution in [0.15, 0.2) is 0 Å². The number of rotatable bonds is 1. The Labute approximate surface area is 35.2 Å². The van der Waals surface area contributed by atoms with Crippen molar-refractivity contribution in [1.82, 2.24) is 0 Å². The summed E-state index contributed by atoms with van der Waals surface area (Å²) in [5.41, 5.74) is 7.47. The Kier molecular flexibility index (Phi) is 1.93. The first-order valence-corrected chi connectivity index (χ1v) is 1.30. The van der Waals surface area contributed by atoms with E-state index in [1.807, 2.05) is 0 Å². The number of carbonyl (C=O) groups is 1. The minimum atomic E-state index is -0.157. The average Bonchev–Trinajstić information content (AvgIpc) is 1.65. The van der Waals surface area contributed by atoms with Crippen molar-refractivity contribution in [2.24, 2.45) is 0 Å². The number of aldehydes is 1. The minimum Gasteiger partial charge on any atom is -0.361 e. The third kappa shape index (κ3) is 1.38. The molecular formula is C3H3N2O. The number of hydrogen-bond acceptors (Lipinski definition) is 1. The molecule has 0 atom stereocenters. The second-order valence-electron chi connectivity index (χ2n) is 0.709. The van der Waals surface area contributed by atoms with E-state index >= 15 is 0 Å². The number of carbonyl (C=O) groups excluding carboxylic acids is 1. The Morgan fingerprint density at radius 3 is 2.50 bits per heavy atom. The summed E-state index contributed by atoms with van der Waals surface area (Å²) in [6, 6.07) is 0. The molecule has 0 aliphatic rings. The van der Waals surface area contributed by atoms with Gasteiger partial charge in [0.2, 0.25) is 6.29 Å². The summed E-state index contributed by atoms with van der Waals surface area (Å²) >= 11 is 0. The Hall–Kier alpha value is -0.950. The number of nitrogens with zero attached hydrogens (tertiary/aromatic N) is 2. The van der Waals surface area contributed by atoms with E-state index in [9.17, 15) is 4.79 Å². The third-order valence-corrected chi connectivity index (χ3v) is 0.264. The molecule has 6 heavy (non-hydrogen) atoms. The average molecular weight is 83.1 g/mol. The highest BCUT2D eigenvalue weighted by atomic mass is 16.1. The molecule has 0 N–H and O–H groups in total. The SMILES string of the molecule is [CH2]C(C=O)=[N+]=[N-]. The smallest absolute Gasteiger partial charge is 0.331 e. The lowest BCUT2D eigenvalue weighted by molar-refractivity contribution is -0.106. The Morgan fingerprint density at radius 2 is 2.50 bits per heavy atom. The fourth-order valence-corrected chi connectivity index (χ4v) is 0.0236. The van der Waals surface area contributed by atoms with E-state index in [4.69, 9.17) is 5.53 Å². The second-order valence-corrected chi connectivity index (χ2v) is 0.709. The van der Waals surface area contributed by atoms with Crippen LogP contribution in [0.1, 0.15) is 0 Å². The zero-order valence-electron chi connectivity index (χ0n) is 3.09. The Morgan fingerprint density at radius 1 is 2.00 bits per heavy atom. The lowest BCUT2D eigenvalue weighted by Crippen LogP contribution is -1.90. The molecule has 0 spiro atoms. The highest BCUT2D eigenvalue weighted by Crippen LogP contribution is 1.48. The standard InChI is InChI=1S/C3H3N2O/c1-3(2-6)5-4/h2H,1H2. The van der Waals surface area contributed by atoms with Crippen molar-refractivity contribution in [1.29, 1.82) is 0 Å². The maximum Gasteiger partial charge on any atom is 0.331 e. The van der Waals surface area contributed by atoms with Crippen LogP contribution in [0.4, 0.5) is 0 Å². The van der Waals surface area contributed by atoms with Crippen LogP contribution in [0, 0.1) is 6.92 Å². The molecule has 0 rings (SSSR count). The van der Waals surface area contributed by atoms with E-state index in [0.29, 0.717) is 6.29 Å². The van der Waals surface area contributed by atoms with Gasteiger partial charge in [-0.1, -0.05) is 0 Å². The van der Waals surface area contributed by atoms with Crippen LogP contribution in [-0.2, 0) is 4.79 Å². The van der Waals surface area contributed by atoms with Crippen LogP contribution in [0.5, 0.6) is 0 Å². The van der Waals surface area contributed by atoms with Gasteiger partial charge in [-0.05, 0) is 0 Å². The van der Waals surface area contributed by atoms with Gasteiger partial charge in [0, 0.05) is 0 Å².